The van der Waals surface area contributed by atoms with Gasteiger partial charge in [-0.05, 0) is 17.7 Å². The first-order valence-electron chi connectivity index (χ1n) is 9.16. The van der Waals surface area contributed by atoms with Gasteiger partial charge in [-0.25, -0.2) is 0 Å². The van der Waals surface area contributed by atoms with Gasteiger partial charge in [0.1, 0.15) is 17.6 Å². The molecule has 2 aromatic carbocycles. The highest BCUT2D eigenvalue weighted by molar-refractivity contribution is 14.0. The summed E-state index contributed by atoms with van der Waals surface area (Å²) in [6, 6.07) is 11.8. The van der Waals surface area contributed by atoms with Crippen molar-refractivity contribution in [3.63, 3.8) is 0 Å². The topological polar surface area (TPSA) is 73.3 Å². The summed E-state index contributed by atoms with van der Waals surface area (Å²) in [7, 11) is 6.59. The van der Waals surface area contributed by atoms with Crippen LogP contribution >= 0.6 is 24.0 Å². The molecule has 0 bridgehead atoms. The summed E-state index contributed by atoms with van der Waals surface area (Å²) in [5.41, 5.74) is 2.18. The Morgan fingerprint density at radius 1 is 1.03 bits per heavy atom. The summed E-state index contributed by atoms with van der Waals surface area (Å²) in [5.74, 6) is 3.66. The Hall–Kier alpha value is -2.36. The van der Waals surface area contributed by atoms with E-state index in [1.807, 2.05) is 30.3 Å². The number of nitrogens with one attached hydrogen (secondary N) is 2. The number of halogens is 1. The number of rotatable bonds is 7. The van der Waals surface area contributed by atoms with E-state index in [1.54, 1.807) is 28.4 Å². The van der Waals surface area contributed by atoms with Gasteiger partial charge in [-0.3, -0.25) is 4.99 Å². The number of benzene rings is 2. The predicted octanol–water partition coefficient (Wildman–Crippen LogP) is 3.00. The van der Waals surface area contributed by atoms with Crippen LogP contribution in [0.4, 0.5) is 0 Å². The minimum absolute atomic E-state index is 0. The zero-order valence-electron chi connectivity index (χ0n) is 17.2. The Morgan fingerprint density at radius 2 is 1.72 bits per heavy atom. The Morgan fingerprint density at radius 3 is 2.38 bits per heavy atom. The van der Waals surface area contributed by atoms with Gasteiger partial charge in [-0.2, -0.15) is 0 Å². The maximum atomic E-state index is 5.96. The van der Waals surface area contributed by atoms with E-state index in [0.717, 1.165) is 23.5 Å². The van der Waals surface area contributed by atoms with Gasteiger partial charge in [-0.15, -0.1) is 24.0 Å². The normalized spacial score (nSPS) is 14.9. The molecule has 0 radical (unpaired) electrons. The van der Waals surface area contributed by atoms with Crippen molar-refractivity contribution in [2.45, 2.75) is 19.1 Å². The second kappa shape index (κ2) is 11.0. The van der Waals surface area contributed by atoms with Crippen molar-refractivity contribution in [1.82, 2.24) is 10.6 Å². The van der Waals surface area contributed by atoms with Crippen molar-refractivity contribution in [2.24, 2.45) is 4.99 Å². The van der Waals surface area contributed by atoms with Crippen molar-refractivity contribution in [3.05, 3.63) is 47.5 Å². The molecular weight excluding hydrogens is 485 g/mol. The minimum Gasteiger partial charge on any atom is -0.496 e. The number of aliphatic imine (C=N–C) groups is 1. The first-order chi connectivity index (χ1) is 13.7. The van der Waals surface area contributed by atoms with Gasteiger partial charge < -0.3 is 29.6 Å². The van der Waals surface area contributed by atoms with E-state index >= 15 is 0 Å². The van der Waals surface area contributed by atoms with Gasteiger partial charge in [0.25, 0.3) is 0 Å². The monoisotopic (exact) mass is 513 g/mol. The fraction of sp³-hybridized carbons (Fsp3) is 0.381. The Labute approximate surface area is 188 Å². The SMILES string of the molecule is CN=C(NCc1cc(OC)c(OC)cc1OC)NCC1Cc2ccccc2O1.I. The van der Waals surface area contributed by atoms with Crippen LogP contribution in [-0.4, -0.2) is 47.0 Å². The second-order valence-electron chi connectivity index (χ2n) is 6.38. The average molecular weight is 513 g/mol. The number of hydrogen-bond acceptors (Lipinski definition) is 5. The Bertz CT molecular complexity index is 820. The highest BCUT2D eigenvalue weighted by atomic mass is 127. The fourth-order valence-electron chi connectivity index (χ4n) is 3.21. The molecule has 1 aliphatic rings. The van der Waals surface area contributed by atoms with E-state index in [-0.39, 0.29) is 30.1 Å². The van der Waals surface area contributed by atoms with Crippen LogP contribution in [0.1, 0.15) is 11.1 Å². The third-order valence-electron chi connectivity index (χ3n) is 4.67. The first-order valence-corrected chi connectivity index (χ1v) is 9.16. The molecule has 3 rings (SSSR count). The lowest BCUT2D eigenvalue weighted by Crippen LogP contribution is -2.42. The minimum atomic E-state index is 0. The third-order valence-corrected chi connectivity index (χ3v) is 4.67. The van der Waals surface area contributed by atoms with Crippen LogP contribution in [0.3, 0.4) is 0 Å². The lowest BCUT2D eigenvalue weighted by molar-refractivity contribution is 0.235. The molecule has 29 heavy (non-hydrogen) atoms. The quantitative estimate of drug-likeness (QED) is 0.337. The summed E-state index contributed by atoms with van der Waals surface area (Å²) in [6.07, 6.45) is 0.982. The molecule has 0 saturated heterocycles. The second-order valence-corrected chi connectivity index (χ2v) is 6.38. The van der Waals surface area contributed by atoms with E-state index in [0.29, 0.717) is 30.5 Å². The number of hydrogen-bond donors (Lipinski definition) is 2. The van der Waals surface area contributed by atoms with Crippen molar-refractivity contribution < 1.29 is 18.9 Å². The zero-order chi connectivity index (χ0) is 19.9. The summed E-state index contributed by atoms with van der Waals surface area (Å²) >= 11 is 0. The van der Waals surface area contributed by atoms with Crippen molar-refractivity contribution in [2.75, 3.05) is 34.9 Å². The lowest BCUT2D eigenvalue weighted by atomic mass is 10.1. The Balaban J connectivity index is 0.00000300. The van der Waals surface area contributed by atoms with Crippen molar-refractivity contribution in [3.8, 4) is 23.0 Å². The average Bonchev–Trinajstić information content (AvgIpc) is 3.16. The molecule has 0 fully saturated rings. The number of fused-ring (bicyclic) bond motifs is 1. The molecule has 0 saturated carbocycles. The zero-order valence-corrected chi connectivity index (χ0v) is 19.5. The summed E-state index contributed by atoms with van der Waals surface area (Å²) in [4.78, 5) is 4.29. The maximum absolute atomic E-state index is 5.96. The fourth-order valence-corrected chi connectivity index (χ4v) is 3.21. The molecule has 1 unspecified atom stereocenters. The Kier molecular flexibility index (Phi) is 8.69. The van der Waals surface area contributed by atoms with Crippen LogP contribution in [0.2, 0.25) is 0 Å². The number of ether oxygens (including phenoxy) is 4. The van der Waals surface area contributed by atoms with E-state index in [2.05, 4.69) is 21.7 Å². The molecule has 158 valence electrons. The maximum Gasteiger partial charge on any atom is 0.191 e. The van der Waals surface area contributed by atoms with Crippen LogP contribution < -0.4 is 29.6 Å². The van der Waals surface area contributed by atoms with Gasteiger partial charge in [0.2, 0.25) is 0 Å². The van der Waals surface area contributed by atoms with E-state index in [9.17, 15) is 0 Å². The molecule has 1 atom stereocenters. The van der Waals surface area contributed by atoms with Crippen LogP contribution in [0, 0.1) is 0 Å². The number of para-hydroxylation sites is 1. The number of methoxy groups -OCH3 is 3. The molecule has 0 aliphatic carbocycles. The van der Waals surface area contributed by atoms with Crippen LogP contribution in [-0.2, 0) is 13.0 Å². The van der Waals surface area contributed by atoms with E-state index in [1.165, 1.54) is 5.56 Å². The van der Waals surface area contributed by atoms with Gasteiger partial charge in [-0.1, -0.05) is 18.2 Å². The van der Waals surface area contributed by atoms with Gasteiger partial charge >= 0.3 is 0 Å². The van der Waals surface area contributed by atoms with Crippen molar-refractivity contribution in [1.29, 1.82) is 0 Å². The molecule has 0 amide bonds. The molecule has 7 nitrogen and oxygen atoms in total. The van der Waals surface area contributed by atoms with Crippen LogP contribution in [0.15, 0.2) is 41.4 Å². The molecule has 0 aromatic heterocycles. The summed E-state index contributed by atoms with van der Waals surface area (Å²) in [5, 5.41) is 6.62. The van der Waals surface area contributed by atoms with Gasteiger partial charge in [0.05, 0.1) is 27.9 Å². The van der Waals surface area contributed by atoms with Crippen LogP contribution in [0.25, 0.3) is 0 Å². The number of nitrogens with zero attached hydrogens (tertiary/aromatic N) is 1. The number of guanidine groups is 1. The standard InChI is InChI=1S/C21H27N3O4.HI/c1-22-21(24-13-16-9-14-7-5-6-8-17(14)28-16)23-12-15-10-19(26-3)20(27-4)11-18(15)25-2;/h5-8,10-11,16H,9,12-13H2,1-4H3,(H2,22,23,24);1H. The van der Waals surface area contributed by atoms with Gasteiger partial charge in [0.15, 0.2) is 17.5 Å². The molecule has 1 heterocycles. The highest BCUT2D eigenvalue weighted by Crippen LogP contribution is 2.34. The van der Waals surface area contributed by atoms with E-state index < -0.39 is 0 Å². The highest BCUT2D eigenvalue weighted by Gasteiger charge is 2.22. The van der Waals surface area contributed by atoms with Crippen molar-refractivity contribution >= 4 is 29.9 Å². The molecular formula is C21H28IN3O4. The van der Waals surface area contributed by atoms with Crippen LogP contribution in [0.5, 0.6) is 23.0 Å². The summed E-state index contributed by atoms with van der Waals surface area (Å²) < 4.78 is 22.1. The third kappa shape index (κ3) is 5.59. The van der Waals surface area contributed by atoms with Gasteiger partial charge in [0, 0.05) is 31.6 Å². The molecule has 8 heteroatoms. The molecule has 2 N–H and O–H groups in total. The first kappa shape index (κ1) is 22.9. The summed E-state index contributed by atoms with van der Waals surface area (Å²) in [6.45, 7) is 1.19. The predicted molar refractivity (Wildman–Crippen MR) is 124 cm³/mol. The largest absolute Gasteiger partial charge is 0.496 e. The lowest BCUT2D eigenvalue weighted by Gasteiger charge is -2.17. The molecule has 2 aromatic rings. The molecule has 1 aliphatic heterocycles. The smallest absolute Gasteiger partial charge is 0.191 e. The van der Waals surface area contributed by atoms with E-state index in [4.69, 9.17) is 18.9 Å². The molecule has 0 spiro atoms.